The van der Waals surface area contributed by atoms with Crippen LogP contribution in [0.1, 0.15) is 12.5 Å². The molecule has 0 saturated carbocycles. The van der Waals surface area contributed by atoms with E-state index in [0.29, 0.717) is 0 Å². The molecular formula is C22H26N4O2S. The zero-order chi connectivity index (χ0) is 20.2. The van der Waals surface area contributed by atoms with Crippen molar-refractivity contribution in [1.82, 2.24) is 9.27 Å². The number of fused-ring (bicyclic) bond motifs is 1. The highest BCUT2D eigenvalue weighted by molar-refractivity contribution is 7.13. The summed E-state index contributed by atoms with van der Waals surface area (Å²) in [6.45, 7) is 6.46. The van der Waals surface area contributed by atoms with Crippen LogP contribution in [-0.4, -0.2) is 59.1 Å². The van der Waals surface area contributed by atoms with Gasteiger partial charge in [-0.2, -0.15) is 4.37 Å². The minimum Gasteiger partial charge on any atom is -0.384 e. The second-order valence-corrected chi connectivity index (χ2v) is 8.25. The van der Waals surface area contributed by atoms with Crippen molar-refractivity contribution in [3.63, 3.8) is 0 Å². The van der Waals surface area contributed by atoms with Gasteiger partial charge >= 0.3 is 0 Å². The summed E-state index contributed by atoms with van der Waals surface area (Å²) in [5, 5.41) is 13.3. The number of nitrogens with zero attached hydrogens (tertiary/aromatic N) is 3. The predicted octanol–water partition coefficient (Wildman–Crippen LogP) is 2.98. The molecule has 2 aromatic carbocycles. The van der Waals surface area contributed by atoms with Gasteiger partial charge in [0.2, 0.25) is 0 Å². The molecule has 1 fully saturated rings. The van der Waals surface area contributed by atoms with E-state index < -0.39 is 6.10 Å². The Hall–Kier alpha value is -2.48. The van der Waals surface area contributed by atoms with Gasteiger partial charge < -0.3 is 15.3 Å². The summed E-state index contributed by atoms with van der Waals surface area (Å²) in [5.41, 5.74) is 1.91. The maximum atomic E-state index is 11.7. The third-order valence-electron chi connectivity index (χ3n) is 5.32. The second kappa shape index (κ2) is 8.90. The SMILES string of the molecule is CC(O)C(=O)Nc1cccc(CCN2CCN(c3nsc4ccccc34)CC2)c1. The molecule has 29 heavy (non-hydrogen) atoms. The molecule has 1 aliphatic heterocycles. The number of hydrogen-bond acceptors (Lipinski definition) is 6. The number of nitrogens with one attached hydrogen (secondary N) is 1. The molecule has 1 atom stereocenters. The number of aromatic nitrogens is 1. The van der Waals surface area contributed by atoms with E-state index in [4.69, 9.17) is 0 Å². The van der Waals surface area contributed by atoms with Gasteiger partial charge in [0.05, 0.1) is 4.70 Å². The lowest BCUT2D eigenvalue weighted by molar-refractivity contribution is -0.123. The number of benzene rings is 2. The molecule has 7 heteroatoms. The highest BCUT2D eigenvalue weighted by atomic mass is 32.1. The summed E-state index contributed by atoms with van der Waals surface area (Å²) in [6.07, 6.45) is -0.0809. The monoisotopic (exact) mass is 410 g/mol. The van der Waals surface area contributed by atoms with Crippen LogP contribution in [0.25, 0.3) is 10.1 Å². The Morgan fingerprint density at radius 3 is 2.76 bits per heavy atom. The first-order valence-corrected chi connectivity index (χ1v) is 10.8. The fraction of sp³-hybridized carbons (Fsp3) is 0.364. The van der Waals surface area contributed by atoms with Gasteiger partial charge in [-0.1, -0.05) is 24.3 Å². The van der Waals surface area contributed by atoms with E-state index in [1.54, 1.807) is 11.5 Å². The van der Waals surface area contributed by atoms with Gasteiger partial charge in [-0.3, -0.25) is 9.69 Å². The Morgan fingerprint density at radius 1 is 1.17 bits per heavy atom. The van der Waals surface area contributed by atoms with Crippen LogP contribution < -0.4 is 10.2 Å². The first-order valence-electron chi connectivity index (χ1n) is 10.00. The van der Waals surface area contributed by atoms with Gasteiger partial charge in [0.15, 0.2) is 0 Å². The molecule has 1 amide bonds. The van der Waals surface area contributed by atoms with E-state index >= 15 is 0 Å². The third-order valence-corrected chi connectivity index (χ3v) is 6.14. The maximum Gasteiger partial charge on any atom is 0.252 e. The lowest BCUT2D eigenvalue weighted by Crippen LogP contribution is -2.47. The number of hydrogen-bond donors (Lipinski definition) is 2. The van der Waals surface area contributed by atoms with Crippen molar-refractivity contribution in [2.24, 2.45) is 0 Å². The summed E-state index contributed by atoms with van der Waals surface area (Å²) in [4.78, 5) is 16.5. The van der Waals surface area contributed by atoms with Gasteiger partial charge in [0.25, 0.3) is 5.91 Å². The molecule has 1 saturated heterocycles. The molecule has 2 heterocycles. The van der Waals surface area contributed by atoms with Crippen LogP contribution in [0, 0.1) is 0 Å². The highest BCUT2D eigenvalue weighted by Crippen LogP contribution is 2.29. The Bertz CT molecular complexity index is 980. The van der Waals surface area contributed by atoms with Crippen LogP contribution in [0.5, 0.6) is 0 Å². The van der Waals surface area contributed by atoms with E-state index in [2.05, 4.69) is 49.8 Å². The molecular weight excluding hydrogens is 384 g/mol. The number of anilines is 2. The smallest absolute Gasteiger partial charge is 0.252 e. The minimum atomic E-state index is -1.01. The Kier molecular flexibility index (Phi) is 6.08. The average Bonchev–Trinajstić information content (AvgIpc) is 3.17. The summed E-state index contributed by atoms with van der Waals surface area (Å²) < 4.78 is 5.92. The number of aliphatic hydroxyl groups excluding tert-OH is 1. The molecule has 0 spiro atoms. The Labute approximate surface area is 174 Å². The maximum absolute atomic E-state index is 11.7. The Morgan fingerprint density at radius 2 is 1.97 bits per heavy atom. The lowest BCUT2D eigenvalue weighted by Gasteiger charge is -2.35. The number of carbonyl (C=O) groups is 1. The zero-order valence-corrected chi connectivity index (χ0v) is 17.4. The van der Waals surface area contributed by atoms with Crippen molar-refractivity contribution in [2.75, 3.05) is 42.9 Å². The Balaban J connectivity index is 1.30. The molecule has 0 aliphatic carbocycles. The molecule has 1 unspecified atom stereocenters. The van der Waals surface area contributed by atoms with Crippen molar-refractivity contribution in [1.29, 1.82) is 0 Å². The van der Waals surface area contributed by atoms with E-state index in [9.17, 15) is 9.90 Å². The minimum absolute atomic E-state index is 0.382. The topological polar surface area (TPSA) is 68.7 Å². The number of rotatable bonds is 6. The normalized spacial score (nSPS) is 16.1. The van der Waals surface area contributed by atoms with Crippen molar-refractivity contribution in [3.8, 4) is 0 Å². The van der Waals surface area contributed by atoms with E-state index in [1.807, 2.05) is 18.2 Å². The first-order chi connectivity index (χ1) is 14.1. The van der Waals surface area contributed by atoms with Crippen LogP contribution in [0.3, 0.4) is 0 Å². The number of piperazine rings is 1. The van der Waals surface area contributed by atoms with Gasteiger partial charge in [-0.05, 0) is 54.7 Å². The van der Waals surface area contributed by atoms with Gasteiger partial charge in [0, 0.05) is 43.8 Å². The molecule has 4 rings (SSSR count). The average molecular weight is 411 g/mol. The number of aliphatic hydroxyl groups is 1. The summed E-state index contributed by atoms with van der Waals surface area (Å²) >= 11 is 1.57. The predicted molar refractivity (Wildman–Crippen MR) is 119 cm³/mol. The summed E-state index contributed by atoms with van der Waals surface area (Å²) in [5.74, 6) is 0.736. The van der Waals surface area contributed by atoms with Crippen molar-refractivity contribution in [3.05, 3.63) is 54.1 Å². The van der Waals surface area contributed by atoms with Crippen molar-refractivity contribution < 1.29 is 9.90 Å². The molecule has 1 aromatic heterocycles. The fourth-order valence-corrected chi connectivity index (χ4v) is 4.42. The first kappa shape index (κ1) is 19.8. The van der Waals surface area contributed by atoms with Gasteiger partial charge in [-0.15, -0.1) is 0 Å². The fourth-order valence-electron chi connectivity index (χ4n) is 3.62. The molecule has 0 bridgehead atoms. The lowest BCUT2D eigenvalue weighted by atomic mass is 10.1. The largest absolute Gasteiger partial charge is 0.384 e. The summed E-state index contributed by atoms with van der Waals surface area (Å²) in [6, 6.07) is 16.3. The van der Waals surface area contributed by atoms with E-state index in [-0.39, 0.29) is 5.91 Å². The van der Waals surface area contributed by atoms with Crippen molar-refractivity contribution in [2.45, 2.75) is 19.4 Å². The molecule has 2 N–H and O–H groups in total. The number of carbonyl (C=O) groups excluding carboxylic acids is 1. The molecule has 3 aromatic rings. The molecule has 152 valence electrons. The van der Waals surface area contributed by atoms with Crippen LogP contribution in [0.2, 0.25) is 0 Å². The van der Waals surface area contributed by atoms with Crippen LogP contribution in [0.15, 0.2) is 48.5 Å². The van der Waals surface area contributed by atoms with Crippen LogP contribution >= 0.6 is 11.5 Å². The molecule has 1 aliphatic rings. The van der Waals surface area contributed by atoms with E-state index in [1.165, 1.54) is 22.6 Å². The molecule has 6 nitrogen and oxygen atoms in total. The van der Waals surface area contributed by atoms with Gasteiger partial charge in [-0.25, -0.2) is 0 Å². The summed E-state index contributed by atoms with van der Waals surface area (Å²) in [7, 11) is 0. The van der Waals surface area contributed by atoms with Crippen LogP contribution in [-0.2, 0) is 11.2 Å². The third kappa shape index (κ3) is 4.75. The standard InChI is InChI=1S/C22H26N4O2S/c1-16(27)22(28)23-18-6-4-5-17(15-18)9-10-25-11-13-26(14-12-25)21-19-7-2-3-8-20(19)29-24-21/h2-8,15-16,27H,9-14H2,1H3,(H,23,28). The van der Waals surface area contributed by atoms with Gasteiger partial charge in [0.1, 0.15) is 11.9 Å². The van der Waals surface area contributed by atoms with Crippen LogP contribution in [0.4, 0.5) is 11.5 Å². The quantitative estimate of drug-likeness (QED) is 0.654. The zero-order valence-electron chi connectivity index (χ0n) is 16.5. The van der Waals surface area contributed by atoms with E-state index in [0.717, 1.165) is 50.6 Å². The second-order valence-electron chi connectivity index (χ2n) is 7.45. The van der Waals surface area contributed by atoms with Crippen molar-refractivity contribution >= 4 is 39.0 Å². The molecule has 0 radical (unpaired) electrons. The highest BCUT2D eigenvalue weighted by Gasteiger charge is 2.20. The number of amides is 1.